The SMILES string of the molecule is C.C.C.C.C=C(C)C(=O)OCCCC[Si](C)(C)O[Si](C)(C)CCCCOC(=O)C(=C)C.C=C(C)C(=O)OCCCC[Si](C)(C)O[Si](C)(C)O[Si](C)(C)O[Si](C)(C)CCCCOC(=O)C(=C)C.C[SiH]1CCCCO1.C[Si]1(C)CCCCO1.O=S(=O)(O)C(F)(F)F. The predicted molar refractivity (Wildman–Crippen MR) is 383 cm³/mol. The zero-order chi connectivity index (χ0) is 66.7. The third-order valence-electron chi connectivity index (χ3n) is 12.5. The molecule has 1 N–H and O–H groups in total. The summed E-state index contributed by atoms with van der Waals surface area (Å²) in [4.78, 5) is 45.7. The molecule has 0 radical (unpaired) electrons. The van der Waals surface area contributed by atoms with Crippen LogP contribution in [0.2, 0.25) is 134 Å². The summed E-state index contributed by atoms with van der Waals surface area (Å²) in [6, 6.07) is 6.86. The molecule has 2 fully saturated rings. The lowest BCUT2D eigenvalue weighted by Gasteiger charge is -2.41. The Hall–Kier alpha value is -1.96. The molecule has 0 aromatic carbocycles. The molecule has 17 nitrogen and oxygen atoms in total. The van der Waals surface area contributed by atoms with Crippen LogP contribution in [0.25, 0.3) is 0 Å². The van der Waals surface area contributed by atoms with Gasteiger partial charge in [0.1, 0.15) is 0 Å². The van der Waals surface area contributed by atoms with Gasteiger partial charge in [-0.15, -0.1) is 0 Å². The van der Waals surface area contributed by atoms with Crippen LogP contribution in [0.4, 0.5) is 13.2 Å². The highest BCUT2D eigenvalue weighted by molar-refractivity contribution is 7.86. The second kappa shape index (κ2) is 48.7. The first-order valence-electron chi connectivity index (χ1n) is 29.9. The standard InChI is InChI=1S/C24H50O7Si4.C20H38O5Si2.C6H14OSi.C5H12OSi.CHF3O3S.4CH4/c1-21(2)23(25)27-17-13-15-19-32(5,6)29-34(9,10)31-35(11,12)30-33(7,8)20-16-14-18-28-24(26)22(3)4;1-17(2)19(21)23-13-9-11-15-26(5,6)25-27(7,8)16-12-10-14-24-20(22)18(3)4;1-8(2)6-4-3-5-7-8;1-7-5-3-2-4-6-7;2-1(3,4)8(5,6)7;;;;/h1,3,13-20H2,2,4-12H3;1,3,9-16H2,2,4-8H3;3-6H2,1-2H3;7H,2-5H2,1H3;(H,5,6,7);4*1H4. The molecule has 0 amide bonds. The number of hydrogen-bond acceptors (Lipinski definition) is 16. The molecule has 0 aromatic heterocycles. The first kappa shape index (κ1) is 101. The summed E-state index contributed by atoms with van der Waals surface area (Å²) in [5, 5.41) is 0. The van der Waals surface area contributed by atoms with Gasteiger partial charge in [-0.3, -0.25) is 4.55 Å². The number of halogens is 3. The number of ether oxygens (including phenoxy) is 4. The van der Waals surface area contributed by atoms with Gasteiger partial charge >= 0.3 is 56.6 Å². The Bertz CT molecular complexity index is 2040. The minimum Gasteiger partial charge on any atom is -0.462 e. The lowest BCUT2D eigenvalue weighted by molar-refractivity contribution is -0.139. The third kappa shape index (κ3) is 59.5. The maximum absolute atomic E-state index is 11.5. The second-order valence-corrected chi connectivity index (χ2v) is 59.1. The number of carbonyl (C=O) groups is 4. The van der Waals surface area contributed by atoms with Crippen molar-refractivity contribution in [2.75, 3.05) is 39.6 Å². The van der Waals surface area contributed by atoms with Gasteiger partial charge in [0.15, 0.2) is 50.6 Å². The average molecular weight is 1440 g/mol. The van der Waals surface area contributed by atoms with Crippen molar-refractivity contribution in [3.8, 4) is 0 Å². The van der Waals surface area contributed by atoms with Crippen molar-refractivity contribution >= 4 is 102 Å². The van der Waals surface area contributed by atoms with E-state index in [0.29, 0.717) is 48.7 Å². The van der Waals surface area contributed by atoms with E-state index in [1.165, 1.54) is 37.8 Å². The maximum atomic E-state index is 11.5. The van der Waals surface area contributed by atoms with Crippen LogP contribution >= 0.6 is 0 Å². The molecule has 0 spiro atoms. The van der Waals surface area contributed by atoms with Crippen LogP contribution in [-0.4, -0.2) is 150 Å². The van der Waals surface area contributed by atoms with Crippen molar-refractivity contribution in [1.82, 2.24) is 0 Å². The number of esters is 4. The second-order valence-electron chi connectivity index (χ2n) is 25.9. The Kier molecular flexibility index (Phi) is 55.0. The number of alkyl halides is 3. The molecule has 1 atom stereocenters. The van der Waals surface area contributed by atoms with E-state index in [4.69, 9.17) is 57.2 Å². The van der Waals surface area contributed by atoms with Crippen molar-refractivity contribution in [3.63, 3.8) is 0 Å². The largest absolute Gasteiger partial charge is 0.522 e. The van der Waals surface area contributed by atoms with E-state index < -0.39 is 83.4 Å². The summed E-state index contributed by atoms with van der Waals surface area (Å²) in [7, 11) is -19.6. The Labute approximate surface area is 550 Å². The number of carbonyl (C=O) groups excluding carboxylic acids is 4. The zero-order valence-electron chi connectivity index (χ0n) is 55.9. The molecule has 2 rings (SSSR count). The maximum Gasteiger partial charge on any atom is 0.522 e. The van der Waals surface area contributed by atoms with Crippen molar-refractivity contribution in [2.24, 2.45) is 0 Å². The molecule has 532 valence electrons. The fourth-order valence-corrected chi connectivity index (χ4v) is 40.7. The molecule has 0 bridgehead atoms. The van der Waals surface area contributed by atoms with E-state index in [-0.39, 0.29) is 53.6 Å². The van der Waals surface area contributed by atoms with Crippen molar-refractivity contribution in [3.05, 3.63) is 48.6 Å². The molecule has 1 unspecified atom stereocenters. The van der Waals surface area contributed by atoms with E-state index in [0.717, 1.165) is 88.8 Å². The van der Waals surface area contributed by atoms with Gasteiger partial charge in [-0.05, 0) is 201 Å². The number of unbranched alkanes of at least 4 members (excludes halogenated alkanes) is 4. The van der Waals surface area contributed by atoms with Crippen LogP contribution in [0.5, 0.6) is 0 Å². The highest BCUT2D eigenvalue weighted by atomic mass is 32.2. The Morgan fingerprint density at radius 1 is 0.494 bits per heavy atom. The molecular formula is C60H131F3O17SSi8. The number of hydrogen-bond donors (Lipinski definition) is 1. The monoisotopic (exact) mass is 1440 g/mol. The summed E-state index contributed by atoms with van der Waals surface area (Å²) < 4.78 is 116. The fraction of sp³-hybridized carbons (Fsp3) is 0.800. The van der Waals surface area contributed by atoms with Crippen LogP contribution in [-0.2, 0) is 73.6 Å². The van der Waals surface area contributed by atoms with Crippen molar-refractivity contribution in [1.29, 1.82) is 0 Å². The fourth-order valence-electron chi connectivity index (χ4n) is 8.65. The molecule has 89 heavy (non-hydrogen) atoms. The Balaban J connectivity index is -0.000000216. The zero-order valence-corrected chi connectivity index (χ0v) is 64.9. The molecule has 2 aliphatic heterocycles. The summed E-state index contributed by atoms with van der Waals surface area (Å²) in [5.74, 6) is -1.29. The Morgan fingerprint density at radius 2 is 0.764 bits per heavy atom. The molecule has 2 saturated heterocycles. The van der Waals surface area contributed by atoms with Crippen LogP contribution in [0, 0.1) is 0 Å². The smallest absolute Gasteiger partial charge is 0.462 e. The van der Waals surface area contributed by atoms with Gasteiger partial charge in [0, 0.05) is 35.5 Å². The van der Waals surface area contributed by atoms with Crippen LogP contribution in [0.15, 0.2) is 48.6 Å². The van der Waals surface area contributed by atoms with Gasteiger partial charge in [0.05, 0.1) is 26.4 Å². The van der Waals surface area contributed by atoms with E-state index in [2.05, 4.69) is 125 Å². The molecule has 0 aliphatic carbocycles. The van der Waals surface area contributed by atoms with Gasteiger partial charge in [0.25, 0.3) is 0 Å². The third-order valence-corrected chi connectivity index (χ3v) is 40.6. The molecule has 0 saturated carbocycles. The van der Waals surface area contributed by atoms with Crippen molar-refractivity contribution in [2.45, 2.75) is 274 Å². The molecule has 2 heterocycles. The van der Waals surface area contributed by atoms with Crippen molar-refractivity contribution < 1.29 is 89.6 Å². The average Bonchev–Trinajstić information content (AvgIpc) is 3.40. The quantitative estimate of drug-likeness (QED) is 0.0126. The van der Waals surface area contributed by atoms with E-state index >= 15 is 0 Å². The van der Waals surface area contributed by atoms with E-state index in [9.17, 15) is 32.3 Å². The van der Waals surface area contributed by atoms with E-state index in [1.807, 2.05) is 0 Å². The van der Waals surface area contributed by atoms with Gasteiger partial charge < -0.3 is 44.3 Å². The van der Waals surface area contributed by atoms with Crippen LogP contribution in [0.1, 0.15) is 134 Å². The lowest BCUT2D eigenvalue weighted by Crippen LogP contribution is -2.56. The topological polar surface area (TPSA) is 215 Å². The van der Waals surface area contributed by atoms with E-state index in [1.54, 1.807) is 27.7 Å². The highest BCUT2D eigenvalue weighted by Crippen LogP contribution is 2.29. The Morgan fingerprint density at radius 3 is 0.944 bits per heavy atom. The molecular weight excluding hydrogens is 1310 g/mol. The lowest BCUT2D eigenvalue weighted by atomic mass is 10.3. The van der Waals surface area contributed by atoms with Gasteiger partial charge in [0.2, 0.25) is 0 Å². The molecule has 0 aromatic rings. The van der Waals surface area contributed by atoms with Crippen LogP contribution in [0.3, 0.4) is 0 Å². The normalized spacial score (nSPS) is 15.0. The van der Waals surface area contributed by atoms with Crippen LogP contribution < -0.4 is 0 Å². The minimum absolute atomic E-state index is 0. The van der Waals surface area contributed by atoms with Gasteiger partial charge in [-0.25, -0.2) is 19.2 Å². The number of rotatable bonds is 32. The first-order valence-corrected chi connectivity index (χ1v) is 55.0. The molecule has 29 heteroatoms. The summed E-state index contributed by atoms with van der Waals surface area (Å²) in [6.45, 7) is 58.0. The van der Waals surface area contributed by atoms with Gasteiger partial charge in [-0.2, -0.15) is 21.6 Å². The summed E-state index contributed by atoms with van der Waals surface area (Å²) >= 11 is 0. The summed E-state index contributed by atoms with van der Waals surface area (Å²) in [6.07, 6.45) is 12.7. The van der Waals surface area contributed by atoms with Gasteiger partial charge in [-0.1, -0.05) is 94.5 Å². The first-order chi connectivity index (χ1) is 38.5. The predicted octanol–water partition coefficient (Wildman–Crippen LogP) is 18.0. The molecule has 2 aliphatic rings. The highest BCUT2D eigenvalue weighted by Gasteiger charge is 2.45. The minimum atomic E-state index is -5.84. The summed E-state index contributed by atoms with van der Waals surface area (Å²) in [5.41, 5.74) is -3.80.